The minimum atomic E-state index is -1.04. The molecule has 5 nitrogen and oxygen atoms in total. The van der Waals surface area contributed by atoms with Crippen LogP contribution in [0.25, 0.3) is 0 Å². The molecule has 0 fully saturated rings. The molecule has 0 radical (unpaired) electrons. The normalized spacial score (nSPS) is 7.25. The van der Waals surface area contributed by atoms with Crippen molar-refractivity contribution in [2.24, 2.45) is 11.5 Å². The van der Waals surface area contributed by atoms with E-state index in [4.69, 9.17) is 16.6 Å². The van der Waals surface area contributed by atoms with Crippen LogP contribution in [0.5, 0.6) is 0 Å². The Hall–Kier alpha value is 0.220. The third kappa shape index (κ3) is 31.9. The van der Waals surface area contributed by atoms with Crippen LogP contribution < -0.4 is 41.0 Å². The zero-order valence-electron chi connectivity index (χ0n) is 7.62. The summed E-state index contributed by atoms with van der Waals surface area (Å²) in [6, 6.07) is 0. The summed E-state index contributed by atoms with van der Waals surface area (Å²) < 4.78 is 4.37. The van der Waals surface area contributed by atoms with Crippen LogP contribution in [0.3, 0.4) is 0 Å². The molecule has 0 aromatic rings. The summed E-state index contributed by atoms with van der Waals surface area (Å²) in [7, 11) is 0. The van der Waals surface area contributed by atoms with Crippen molar-refractivity contribution in [2.75, 3.05) is 19.7 Å². The van der Waals surface area contributed by atoms with Crippen LogP contribution in [0, 0.1) is 6.61 Å². The third-order valence-corrected chi connectivity index (χ3v) is 0.517. The molecule has 0 saturated carbocycles. The predicted molar refractivity (Wildman–Crippen MR) is 41.7 cm³/mol. The van der Waals surface area contributed by atoms with Gasteiger partial charge in [0.15, 0.2) is 5.97 Å². The molecular weight excluding hydrogens is 171 g/mol. The number of ether oxygens (including phenoxy) is 1. The monoisotopic (exact) mass is 186 g/mol. The van der Waals surface area contributed by atoms with Gasteiger partial charge in [-0.05, 0) is 6.92 Å². The molecule has 0 atom stereocenters. The van der Waals surface area contributed by atoms with Gasteiger partial charge in [0.1, 0.15) is 0 Å². The van der Waals surface area contributed by atoms with Crippen molar-refractivity contribution in [2.45, 2.75) is 6.92 Å². The third-order valence-electron chi connectivity index (χ3n) is 0.517. The molecule has 0 aromatic heterocycles. The van der Waals surface area contributed by atoms with Crippen molar-refractivity contribution in [1.29, 1.82) is 0 Å². The maximum absolute atomic E-state index is 9.58. The van der Waals surface area contributed by atoms with E-state index < -0.39 is 5.97 Å². The van der Waals surface area contributed by atoms with Gasteiger partial charge in [-0.1, -0.05) is 0 Å². The molecule has 5 N–H and O–H groups in total. The quantitative estimate of drug-likeness (QED) is 0.309. The first-order chi connectivity index (χ1) is 5.18. The number of hydrogen-bond acceptors (Lipinski definition) is 4. The summed E-state index contributed by atoms with van der Waals surface area (Å²) in [6.45, 7) is 4.09. The fourth-order valence-corrected chi connectivity index (χ4v) is 0.155. The first-order valence-electron chi connectivity index (χ1n) is 3.26. The van der Waals surface area contributed by atoms with Crippen molar-refractivity contribution >= 4 is 5.97 Å². The first-order valence-corrected chi connectivity index (χ1v) is 3.26. The van der Waals surface area contributed by atoms with E-state index in [0.717, 1.165) is 6.61 Å². The van der Waals surface area contributed by atoms with E-state index in [9.17, 15) is 4.79 Å². The Balaban J connectivity index is -0.000000142. The van der Waals surface area contributed by atoms with E-state index in [2.05, 4.69) is 4.74 Å². The van der Waals surface area contributed by atoms with Crippen LogP contribution in [0.2, 0.25) is 0 Å². The maximum Gasteiger partial charge on any atom is 1.00 e. The van der Waals surface area contributed by atoms with Crippen molar-refractivity contribution in [1.82, 2.24) is 0 Å². The molecule has 6 heteroatoms. The summed E-state index contributed by atoms with van der Waals surface area (Å²) in [6.07, 6.45) is 0. The van der Waals surface area contributed by atoms with Gasteiger partial charge in [-0.2, -0.15) is 6.61 Å². The Labute approximate surface area is 94.7 Å². The molecule has 0 rings (SSSR count). The number of carbonyl (C=O) groups is 1. The van der Waals surface area contributed by atoms with Gasteiger partial charge in [0.2, 0.25) is 0 Å². The second-order valence-electron chi connectivity index (χ2n) is 1.49. The minimum absolute atomic E-state index is 0. The van der Waals surface area contributed by atoms with Crippen molar-refractivity contribution in [3.05, 3.63) is 6.61 Å². The van der Waals surface area contributed by atoms with Gasteiger partial charge in [0.25, 0.3) is 0 Å². The van der Waals surface area contributed by atoms with Crippen molar-refractivity contribution in [3.8, 4) is 0 Å². The average molecular weight is 186 g/mol. The van der Waals surface area contributed by atoms with Crippen LogP contribution in [-0.2, 0) is 9.53 Å². The van der Waals surface area contributed by atoms with E-state index in [1.165, 1.54) is 0 Å². The SMILES string of the molecule is CCO[CH-]C(=O)O.NCCN.[Na+]. The van der Waals surface area contributed by atoms with E-state index in [1.54, 1.807) is 6.92 Å². The summed E-state index contributed by atoms with van der Waals surface area (Å²) in [5, 5.41) is 7.86. The molecule has 0 amide bonds. The molecular formula is C6H15N2NaO3. The zero-order chi connectivity index (χ0) is 9.11. The molecule has 0 aliphatic heterocycles. The average Bonchev–Trinajstić information content (AvgIpc) is 2.01. The Kier molecular flexibility index (Phi) is 26.2. The van der Waals surface area contributed by atoms with Gasteiger partial charge in [0, 0.05) is 19.7 Å². The number of nitrogens with two attached hydrogens (primary N) is 2. The Bertz CT molecular complexity index is 90.9. The van der Waals surface area contributed by atoms with E-state index in [1.807, 2.05) is 0 Å². The fourth-order valence-electron chi connectivity index (χ4n) is 0.155. The molecule has 0 heterocycles. The minimum Gasteiger partial charge on any atom is -0.523 e. The van der Waals surface area contributed by atoms with Gasteiger partial charge in [0.05, 0.1) is 0 Å². The molecule has 0 aliphatic carbocycles. The number of rotatable bonds is 4. The number of carboxylic acid groups (broad SMARTS) is 1. The van der Waals surface area contributed by atoms with Crippen molar-refractivity contribution < 1.29 is 44.2 Å². The molecule has 12 heavy (non-hydrogen) atoms. The number of hydrogen-bond donors (Lipinski definition) is 3. The van der Waals surface area contributed by atoms with E-state index in [0.29, 0.717) is 19.7 Å². The molecule has 0 saturated heterocycles. The van der Waals surface area contributed by atoms with E-state index >= 15 is 0 Å². The van der Waals surface area contributed by atoms with Crippen LogP contribution in [0.4, 0.5) is 0 Å². The molecule has 0 bridgehead atoms. The molecule has 0 aromatic carbocycles. The zero-order valence-corrected chi connectivity index (χ0v) is 9.62. The van der Waals surface area contributed by atoms with Gasteiger partial charge >= 0.3 is 29.6 Å². The second kappa shape index (κ2) is 17.3. The van der Waals surface area contributed by atoms with Crippen LogP contribution in [-0.4, -0.2) is 30.8 Å². The van der Waals surface area contributed by atoms with Crippen LogP contribution >= 0.6 is 0 Å². The Morgan fingerprint density at radius 2 is 1.92 bits per heavy atom. The summed E-state index contributed by atoms with van der Waals surface area (Å²) >= 11 is 0. The maximum atomic E-state index is 9.58. The standard InChI is InChI=1S/C4H7O3.C2H8N2.Na/c1-2-7-3-4(5)6;3-1-2-4;/h3H,2H2,1H3,(H,5,6);1-4H2;/q-1;;+1. The Morgan fingerprint density at radius 1 is 1.50 bits per heavy atom. The summed E-state index contributed by atoms with van der Waals surface area (Å²) in [4.78, 5) is 9.58. The molecule has 68 valence electrons. The van der Waals surface area contributed by atoms with Crippen molar-refractivity contribution in [3.63, 3.8) is 0 Å². The number of carboxylic acids is 1. The summed E-state index contributed by atoms with van der Waals surface area (Å²) in [5.74, 6) is -1.04. The van der Waals surface area contributed by atoms with E-state index in [-0.39, 0.29) is 29.6 Å². The smallest absolute Gasteiger partial charge is 0.523 e. The van der Waals surface area contributed by atoms with Gasteiger partial charge in [-0.3, -0.25) is 4.79 Å². The van der Waals surface area contributed by atoms with Gasteiger partial charge in [-0.25, -0.2) is 0 Å². The largest absolute Gasteiger partial charge is 1.00 e. The molecule has 0 aliphatic rings. The van der Waals surface area contributed by atoms with Crippen LogP contribution in [0.15, 0.2) is 0 Å². The first kappa shape index (κ1) is 18.1. The Morgan fingerprint density at radius 3 is 2.00 bits per heavy atom. The van der Waals surface area contributed by atoms with Gasteiger partial charge < -0.3 is 21.3 Å². The second-order valence-corrected chi connectivity index (χ2v) is 1.49. The van der Waals surface area contributed by atoms with Gasteiger partial charge in [-0.15, -0.1) is 0 Å². The summed E-state index contributed by atoms with van der Waals surface area (Å²) in [5.41, 5.74) is 9.81. The molecule has 0 unspecified atom stereocenters. The molecule has 0 spiro atoms. The predicted octanol–water partition coefficient (Wildman–Crippen LogP) is -3.82. The fraction of sp³-hybridized carbons (Fsp3) is 0.667. The number of aliphatic carboxylic acids is 1. The topological polar surface area (TPSA) is 98.6 Å². The van der Waals surface area contributed by atoms with Crippen LogP contribution in [0.1, 0.15) is 6.92 Å².